The van der Waals surface area contributed by atoms with Crippen LogP contribution in [-0.2, 0) is 0 Å². The Balaban J connectivity index is 1.86. The first-order valence-electron chi connectivity index (χ1n) is 6.17. The normalized spacial score (nSPS) is 17.9. The molecule has 1 atom stereocenters. The third-order valence-electron chi connectivity index (χ3n) is 3.22. The number of halogens is 2. The molecule has 19 heavy (non-hydrogen) atoms. The number of fused-ring (bicyclic) bond motifs is 1. The monoisotopic (exact) mass is 293 g/mol. The molecule has 1 N–H and O–H groups in total. The van der Waals surface area contributed by atoms with E-state index in [0.29, 0.717) is 0 Å². The van der Waals surface area contributed by atoms with Crippen molar-refractivity contribution in [3.05, 3.63) is 58.9 Å². The fraction of sp³-hybridized carbons (Fsp3) is 0.200. The Hall–Kier alpha value is -1.19. The number of benzene rings is 2. The van der Waals surface area contributed by atoms with Crippen LogP contribution in [0.2, 0.25) is 5.02 Å². The lowest BCUT2D eigenvalue weighted by molar-refractivity contribution is 0.628. The van der Waals surface area contributed by atoms with E-state index in [1.54, 1.807) is 12.1 Å². The predicted octanol–water partition coefficient (Wildman–Crippen LogP) is 5.13. The zero-order chi connectivity index (χ0) is 13.2. The van der Waals surface area contributed by atoms with E-state index >= 15 is 0 Å². The Morgan fingerprint density at radius 2 is 2.05 bits per heavy atom. The molecule has 0 saturated carbocycles. The maximum Gasteiger partial charge on any atom is 0.141 e. The first-order chi connectivity index (χ1) is 9.24. The standard InChI is InChI=1S/C15H13ClFNS/c16-12-9-10(5-6-13(12)17)18-14-7-8-19-15-4-2-1-3-11(14)15/h1-6,9,14,18H,7-8H2. The highest BCUT2D eigenvalue weighted by atomic mass is 35.5. The Kier molecular flexibility index (Phi) is 3.67. The van der Waals surface area contributed by atoms with E-state index in [-0.39, 0.29) is 16.9 Å². The maximum absolute atomic E-state index is 13.2. The van der Waals surface area contributed by atoms with Crippen LogP contribution in [0.1, 0.15) is 18.0 Å². The summed E-state index contributed by atoms with van der Waals surface area (Å²) >= 11 is 7.70. The Bertz CT molecular complexity index is 602. The van der Waals surface area contributed by atoms with E-state index in [0.717, 1.165) is 17.9 Å². The van der Waals surface area contributed by atoms with Crippen molar-refractivity contribution in [2.24, 2.45) is 0 Å². The van der Waals surface area contributed by atoms with Crippen LogP contribution in [0.25, 0.3) is 0 Å². The smallest absolute Gasteiger partial charge is 0.141 e. The molecular weight excluding hydrogens is 281 g/mol. The van der Waals surface area contributed by atoms with Gasteiger partial charge in [0.25, 0.3) is 0 Å². The van der Waals surface area contributed by atoms with Gasteiger partial charge in [0.05, 0.1) is 11.1 Å². The molecule has 98 valence electrons. The minimum absolute atomic E-state index is 0.156. The second-order valence-electron chi connectivity index (χ2n) is 4.50. The molecule has 1 nitrogen and oxygen atoms in total. The highest BCUT2D eigenvalue weighted by Crippen LogP contribution is 2.37. The molecule has 0 fully saturated rings. The second kappa shape index (κ2) is 5.43. The summed E-state index contributed by atoms with van der Waals surface area (Å²) in [5.41, 5.74) is 2.16. The Labute approximate surface area is 121 Å². The van der Waals surface area contributed by atoms with E-state index in [4.69, 9.17) is 11.6 Å². The van der Waals surface area contributed by atoms with Crippen LogP contribution >= 0.6 is 23.4 Å². The molecule has 3 rings (SSSR count). The molecule has 0 saturated heterocycles. The minimum atomic E-state index is -0.383. The molecule has 1 heterocycles. The van der Waals surface area contributed by atoms with Crippen LogP contribution in [0.4, 0.5) is 10.1 Å². The number of thioether (sulfide) groups is 1. The van der Waals surface area contributed by atoms with Gasteiger partial charge in [0.1, 0.15) is 5.82 Å². The van der Waals surface area contributed by atoms with Gasteiger partial charge in [0.2, 0.25) is 0 Å². The lowest BCUT2D eigenvalue weighted by Crippen LogP contribution is -2.15. The van der Waals surface area contributed by atoms with Gasteiger partial charge in [-0.15, -0.1) is 11.8 Å². The summed E-state index contributed by atoms with van der Waals surface area (Å²) in [6.45, 7) is 0. The van der Waals surface area contributed by atoms with E-state index in [9.17, 15) is 4.39 Å². The highest BCUT2D eigenvalue weighted by Gasteiger charge is 2.20. The van der Waals surface area contributed by atoms with E-state index < -0.39 is 0 Å². The van der Waals surface area contributed by atoms with Gasteiger partial charge in [-0.05, 0) is 36.2 Å². The van der Waals surface area contributed by atoms with Gasteiger partial charge in [0.15, 0.2) is 0 Å². The Morgan fingerprint density at radius 3 is 2.89 bits per heavy atom. The quantitative estimate of drug-likeness (QED) is 0.824. The van der Waals surface area contributed by atoms with Gasteiger partial charge >= 0.3 is 0 Å². The van der Waals surface area contributed by atoms with Crippen LogP contribution < -0.4 is 5.32 Å². The fourth-order valence-corrected chi connectivity index (χ4v) is 3.58. The highest BCUT2D eigenvalue weighted by molar-refractivity contribution is 7.99. The van der Waals surface area contributed by atoms with Crippen molar-refractivity contribution >= 4 is 29.1 Å². The Morgan fingerprint density at radius 1 is 1.21 bits per heavy atom. The second-order valence-corrected chi connectivity index (χ2v) is 6.04. The van der Waals surface area contributed by atoms with E-state index in [2.05, 4.69) is 29.6 Å². The number of anilines is 1. The summed E-state index contributed by atoms with van der Waals surface area (Å²) in [6, 6.07) is 13.4. The van der Waals surface area contributed by atoms with E-state index in [1.807, 2.05) is 11.8 Å². The van der Waals surface area contributed by atoms with Crippen molar-refractivity contribution in [1.82, 2.24) is 0 Å². The summed E-state index contributed by atoms with van der Waals surface area (Å²) in [7, 11) is 0. The zero-order valence-corrected chi connectivity index (χ0v) is 11.8. The summed E-state index contributed by atoms with van der Waals surface area (Å²) in [5, 5.41) is 3.60. The first-order valence-corrected chi connectivity index (χ1v) is 7.54. The number of nitrogens with one attached hydrogen (secondary N) is 1. The van der Waals surface area contributed by atoms with E-state index in [1.165, 1.54) is 16.5 Å². The van der Waals surface area contributed by atoms with Crippen molar-refractivity contribution in [2.75, 3.05) is 11.1 Å². The lowest BCUT2D eigenvalue weighted by atomic mass is 10.0. The van der Waals surface area contributed by atoms with Gasteiger partial charge in [-0.1, -0.05) is 29.8 Å². The molecule has 1 unspecified atom stereocenters. The maximum atomic E-state index is 13.2. The molecule has 1 aliphatic heterocycles. The summed E-state index contributed by atoms with van der Waals surface area (Å²) in [6.07, 6.45) is 1.05. The molecule has 1 aliphatic rings. The average Bonchev–Trinajstić information content (AvgIpc) is 2.43. The SMILES string of the molecule is Fc1ccc(NC2CCSc3ccccc32)cc1Cl. The van der Waals surface area contributed by atoms with Crippen LogP contribution in [-0.4, -0.2) is 5.75 Å². The third-order valence-corrected chi connectivity index (χ3v) is 4.63. The lowest BCUT2D eigenvalue weighted by Gasteiger charge is -2.26. The molecule has 2 aromatic rings. The van der Waals surface area contributed by atoms with Crippen LogP contribution in [0.3, 0.4) is 0 Å². The molecule has 0 spiro atoms. The summed E-state index contributed by atoms with van der Waals surface area (Å²) in [4.78, 5) is 1.32. The zero-order valence-electron chi connectivity index (χ0n) is 10.2. The topological polar surface area (TPSA) is 12.0 Å². The number of rotatable bonds is 2. The molecule has 2 aromatic carbocycles. The van der Waals surface area contributed by atoms with Crippen molar-refractivity contribution in [3.63, 3.8) is 0 Å². The summed E-state index contributed by atoms with van der Waals surface area (Å²) < 4.78 is 13.2. The van der Waals surface area contributed by atoms with Gasteiger partial charge in [0, 0.05) is 16.3 Å². The van der Waals surface area contributed by atoms with Crippen molar-refractivity contribution in [3.8, 4) is 0 Å². The van der Waals surface area contributed by atoms with Crippen molar-refractivity contribution in [1.29, 1.82) is 0 Å². The van der Waals surface area contributed by atoms with Gasteiger partial charge in [-0.2, -0.15) is 0 Å². The van der Waals surface area contributed by atoms with Crippen molar-refractivity contribution < 1.29 is 4.39 Å². The molecular formula is C15H13ClFNS. The third kappa shape index (κ3) is 2.72. The first kappa shape index (κ1) is 12.8. The minimum Gasteiger partial charge on any atom is -0.378 e. The number of hydrogen-bond donors (Lipinski definition) is 1. The van der Waals surface area contributed by atoms with Crippen LogP contribution in [0.5, 0.6) is 0 Å². The average molecular weight is 294 g/mol. The molecule has 0 amide bonds. The largest absolute Gasteiger partial charge is 0.378 e. The number of hydrogen-bond acceptors (Lipinski definition) is 2. The molecule has 0 bridgehead atoms. The molecule has 0 aromatic heterocycles. The molecule has 0 radical (unpaired) electrons. The van der Waals surface area contributed by atoms with Gasteiger partial charge in [-0.3, -0.25) is 0 Å². The van der Waals surface area contributed by atoms with Crippen LogP contribution in [0.15, 0.2) is 47.4 Å². The molecule has 0 aliphatic carbocycles. The van der Waals surface area contributed by atoms with Gasteiger partial charge in [-0.25, -0.2) is 4.39 Å². The fourth-order valence-electron chi connectivity index (χ4n) is 2.28. The van der Waals surface area contributed by atoms with Crippen LogP contribution in [0, 0.1) is 5.82 Å². The molecule has 4 heteroatoms. The predicted molar refractivity (Wildman–Crippen MR) is 79.6 cm³/mol. The van der Waals surface area contributed by atoms with Crippen molar-refractivity contribution in [2.45, 2.75) is 17.4 Å². The van der Waals surface area contributed by atoms with Gasteiger partial charge < -0.3 is 5.32 Å². The summed E-state index contributed by atoms with van der Waals surface area (Å²) in [5.74, 6) is 0.704.